The molecule has 1 unspecified atom stereocenters. The van der Waals surface area contributed by atoms with Gasteiger partial charge >= 0.3 is 12.3 Å². The number of nitrogens with zero attached hydrogens (tertiary/aromatic N) is 2. The van der Waals surface area contributed by atoms with Gasteiger partial charge in [0.2, 0.25) is 0 Å². The first-order chi connectivity index (χ1) is 20.1. The lowest BCUT2D eigenvalue weighted by Gasteiger charge is -2.23. The van der Waals surface area contributed by atoms with Crippen molar-refractivity contribution in [2.24, 2.45) is 0 Å². The van der Waals surface area contributed by atoms with Gasteiger partial charge in [-0.15, -0.1) is 24.5 Å². The molecule has 3 N–H and O–H groups in total. The van der Waals surface area contributed by atoms with Crippen molar-refractivity contribution in [2.75, 3.05) is 11.4 Å². The molecule has 1 amide bonds. The van der Waals surface area contributed by atoms with E-state index in [1.54, 1.807) is 36.4 Å². The zero-order chi connectivity index (χ0) is 29.9. The summed E-state index contributed by atoms with van der Waals surface area (Å²) in [4.78, 5) is 30.1. The van der Waals surface area contributed by atoms with Gasteiger partial charge < -0.3 is 20.4 Å². The van der Waals surface area contributed by atoms with Gasteiger partial charge in [0.15, 0.2) is 11.2 Å². The van der Waals surface area contributed by atoms with Crippen molar-refractivity contribution in [1.29, 1.82) is 0 Å². The number of hydrogen-bond acceptors (Lipinski definition) is 7. The number of ether oxygens (including phenoxy) is 1. The molecule has 42 heavy (non-hydrogen) atoms. The number of aliphatic hydroxyl groups excluding tert-OH is 1. The molecule has 1 heterocycles. The van der Waals surface area contributed by atoms with Crippen molar-refractivity contribution < 1.29 is 37.7 Å². The highest BCUT2D eigenvalue weighted by Crippen LogP contribution is 2.36. The molecule has 2 aliphatic rings. The molecule has 0 bridgehead atoms. The van der Waals surface area contributed by atoms with E-state index in [-0.39, 0.29) is 6.42 Å². The molecule has 1 aromatic heterocycles. The van der Waals surface area contributed by atoms with Crippen LogP contribution in [0.15, 0.2) is 66.1 Å². The highest BCUT2D eigenvalue weighted by molar-refractivity contribution is 7.14. The quantitative estimate of drug-likeness (QED) is 0.286. The third-order valence-corrected chi connectivity index (χ3v) is 7.92. The number of aromatic nitrogens is 1. The second-order valence-corrected chi connectivity index (χ2v) is 10.9. The molecule has 12 heteroatoms. The number of carboxylic acid groups (broad SMARTS) is 1. The van der Waals surface area contributed by atoms with Crippen molar-refractivity contribution in [2.45, 2.75) is 50.8 Å². The SMILES string of the molecule is O=C(NC[C@@H](O)C(=O)O)c1ccc(CN(c2ccc3c(c2)CCC3)c2nc(C3=CCC(OC(F)(F)F)C=C3)cs2)cc1. The van der Waals surface area contributed by atoms with Crippen LogP contribution in [0.1, 0.15) is 45.6 Å². The second kappa shape index (κ2) is 12.5. The number of aliphatic hydroxyl groups is 1. The van der Waals surface area contributed by atoms with Crippen molar-refractivity contribution >= 4 is 39.6 Å². The molecule has 2 aliphatic carbocycles. The first-order valence-corrected chi connectivity index (χ1v) is 14.2. The maximum Gasteiger partial charge on any atom is 0.523 e. The Morgan fingerprint density at radius 3 is 2.60 bits per heavy atom. The van der Waals surface area contributed by atoms with Crippen molar-refractivity contribution in [3.8, 4) is 0 Å². The van der Waals surface area contributed by atoms with Gasteiger partial charge in [-0.1, -0.05) is 36.4 Å². The lowest BCUT2D eigenvalue weighted by Crippen LogP contribution is -2.36. The average Bonchev–Trinajstić information content (AvgIpc) is 3.64. The predicted octanol–water partition coefficient (Wildman–Crippen LogP) is 5.39. The van der Waals surface area contributed by atoms with Crippen LogP contribution in [-0.4, -0.2) is 52.2 Å². The number of nitrogens with one attached hydrogen (secondary N) is 1. The highest BCUT2D eigenvalue weighted by atomic mass is 32.1. The Morgan fingerprint density at radius 1 is 1.14 bits per heavy atom. The van der Waals surface area contributed by atoms with Crippen LogP contribution in [0.25, 0.3) is 5.57 Å². The normalized spacial score (nSPS) is 17.0. The van der Waals surface area contributed by atoms with Crippen LogP contribution >= 0.6 is 11.3 Å². The molecule has 0 spiro atoms. The van der Waals surface area contributed by atoms with Gasteiger partial charge in [-0.2, -0.15) is 0 Å². The topological polar surface area (TPSA) is 112 Å². The maximum absolute atomic E-state index is 12.6. The fourth-order valence-electron chi connectivity index (χ4n) is 4.89. The number of aliphatic carboxylic acids is 1. The Kier molecular flexibility index (Phi) is 8.76. The number of anilines is 2. The summed E-state index contributed by atoms with van der Waals surface area (Å²) in [6, 6.07) is 13.2. The number of fused-ring (bicyclic) bond motifs is 1. The van der Waals surface area contributed by atoms with E-state index in [0.29, 0.717) is 22.9 Å². The second-order valence-electron chi connectivity index (χ2n) is 10.0. The summed E-state index contributed by atoms with van der Waals surface area (Å²) >= 11 is 1.42. The number of rotatable bonds is 10. The van der Waals surface area contributed by atoms with Crippen LogP contribution in [-0.2, 0) is 28.9 Å². The van der Waals surface area contributed by atoms with Gasteiger partial charge in [-0.3, -0.25) is 9.53 Å². The van der Waals surface area contributed by atoms with Gasteiger partial charge in [0.05, 0.1) is 24.9 Å². The fourth-order valence-corrected chi connectivity index (χ4v) is 5.74. The van der Waals surface area contributed by atoms with E-state index >= 15 is 0 Å². The number of carboxylic acids is 1. The molecular weight excluding hydrogens is 571 g/mol. The van der Waals surface area contributed by atoms with E-state index in [4.69, 9.17) is 10.1 Å². The number of benzene rings is 2. The molecule has 0 saturated carbocycles. The minimum Gasteiger partial charge on any atom is -0.479 e. The molecule has 2 atom stereocenters. The van der Waals surface area contributed by atoms with E-state index in [2.05, 4.69) is 33.2 Å². The minimum absolute atomic E-state index is 0.0853. The van der Waals surface area contributed by atoms with Crippen LogP contribution in [0, 0.1) is 0 Å². The highest BCUT2D eigenvalue weighted by Gasteiger charge is 2.33. The Hall–Kier alpha value is -4.00. The first-order valence-electron chi connectivity index (χ1n) is 13.3. The van der Waals surface area contributed by atoms with Crippen LogP contribution < -0.4 is 10.2 Å². The van der Waals surface area contributed by atoms with E-state index in [1.807, 2.05) is 5.38 Å². The number of thiazole rings is 1. The molecule has 5 rings (SSSR count). The predicted molar refractivity (Wildman–Crippen MR) is 152 cm³/mol. The molecule has 0 aliphatic heterocycles. The summed E-state index contributed by atoms with van der Waals surface area (Å²) in [7, 11) is 0. The number of carbonyl (C=O) groups is 2. The lowest BCUT2D eigenvalue weighted by molar-refractivity contribution is -0.335. The summed E-state index contributed by atoms with van der Waals surface area (Å²) in [6.45, 7) is 0.0256. The van der Waals surface area contributed by atoms with E-state index < -0.39 is 37.0 Å². The standard InChI is InChI=1S/C30H28F3N3O5S/c31-30(32,33)41-24-12-9-20(10-13-24)25-17-42-29(35-25)36(23-11-8-19-2-1-3-22(19)14-23)16-18-4-6-21(7-5-18)27(38)34-15-26(37)28(39)40/h4-12,14,17,24,26,37H,1-3,13,15-16H2,(H,34,38)(H,39,40)/t24?,26-/m1/s1. The van der Waals surface area contributed by atoms with E-state index in [1.165, 1.54) is 28.5 Å². The number of alkyl halides is 3. The third kappa shape index (κ3) is 7.25. The number of amides is 1. The van der Waals surface area contributed by atoms with Crippen LogP contribution in [0.4, 0.5) is 24.0 Å². The van der Waals surface area contributed by atoms with Crippen molar-refractivity contribution in [3.05, 3.63) is 94.0 Å². The first kappa shape index (κ1) is 29.5. The van der Waals surface area contributed by atoms with E-state index in [9.17, 15) is 27.9 Å². The van der Waals surface area contributed by atoms with Crippen molar-refractivity contribution in [1.82, 2.24) is 10.3 Å². The maximum atomic E-state index is 12.6. The number of carbonyl (C=O) groups excluding carboxylic acids is 1. The van der Waals surface area contributed by atoms with Gasteiger partial charge in [-0.05, 0) is 72.2 Å². The van der Waals surface area contributed by atoms with Crippen LogP contribution in [0.2, 0.25) is 0 Å². The average molecular weight is 600 g/mol. The van der Waals surface area contributed by atoms with Gasteiger partial charge in [-0.25, -0.2) is 9.78 Å². The molecule has 0 fully saturated rings. The Balaban J connectivity index is 1.35. The number of halogens is 3. The van der Waals surface area contributed by atoms with Crippen molar-refractivity contribution in [3.63, 3.8) is 0 Å². The van der Waals surface area contributed by atoms with E-state index in [0.717, 1.165) is 36.1 Å². The number of allylic oxidation sites excluding steroid dienone is 2. The van der Waals surface area contributed by atoms with Crippen LogP contribution in [0.3, 0.4) is 0 Å². The van der Waals surface area contributed by atoms with Crippen LogP contribution in [0.5, 0.6) is 0 Å². The summed E-state index contributed by atoms with van der Waals surface area (Å²) < 4.78 is 41.9. The largest absolute Gasteiger partial charge is 0.523 e. The van der Waals surface area contributed by atoms with Gasteiger partial charge in [0.25, 0.3) is 5.91 Å². The zero-order valence-electron chi connectivity index (χ0n) is 22.3. The summed E-state index contributed by atoms with van der Waals surface area (Å²) in [5.41, 5.74) is 6.15. The third-order valence-electron chi connectivity index (χ3n) is 7.06. The Labute approximate surface area is 243 Å². The minimum atomic E-state index is -4.70. The molecule has 0 saturated heterocycles. The fraction of sp³-hybridized carbons (Fsp3) is 0.300. The summed E-state index contributed by atoms with van der Waals surface area (Å²) in [6.07, 6.45) is 0.452. The molecule has 3 aromatic rings. The molecule has 8 nitrogen and oxygen atoms in total. The smallest absolute Gasteiger partial charge is 0.479 e. The molecule has 220 valence electrons. The Morgan fingerprint density at radius 2 is 1.90 bits per heavy atom. The van der Waals surface area contributed by atoms with Gasteiger partial charge in [0, 0.05) is 16.6 Å². The number of aryl methyl sites for hydroxylation is 2. The summed E-state index contributed by atoms with van der Waals surface area (Å²) in [5, 5.41) is 23.2. The Bertz CT molecular complexity index is 1520. The monoisotopic (exact) mass is 599 g/mol. The number of hydrogen-bond donors (Lipinski definition) is 3. The molecule has 2 aromatic carbocycles. The lowest BCUT2D eigenvalue weighted by atomic mass is 10.0. The summed E-state index contributed by atoms with van der Waals surface area (Å²) in [5.74, 6) is -1.92. The molecular formula is C30H28F3N3O5S. The zero-order valence-corrected chi connectivity index (χ0v) is 23.1. The van der Waals surface area contributed by atoms with Gasteiger partial charge in [0.1, 0.15) is 0 Å². The molecule has 0 radical (unpaired) electrons.